The molecule has 0 aliphatic carbocycles. The molecule has 0 fully saturated rings. The maximum absolute atomic E-state index is 13.3. The van der Waals surface area contributed by atoms with E-state index in [1.165, 1.54) is 0 Å². The van der Waals surface area contributed by atoms with Crippen LogP contribution >= 0.6 is 0 Å². The molecular formula is C23H25NO4S. The fraction of sp³-hybridized carbons (Fsp3) is 0.217. The quantitative estimate of drug-likeness (QED) is 0.611. The van der Waals surface area contributed by atoms with Crippen molar-refractivity contribution in [2.75, 3.05) is 11.8 Å². The van der Waals surface area contributed by atoms with Crippen LogP contribution in [0.5, 0.6) is 5.75 Å². The van der Waals surface area contributed by atoms with Gasteiger partial charge in [-0.3, -0.25) is 4.72 Å². The Morgan fingerprint density at radius 1 is 0.966 bits per heavy atom. The standard InChI is InChI=1S/C23H25NO4S/c1-16-9-10-17(2)23(21(16)15-25)24-29(26,27)22-12-11-20(28-3)14-19(22)13-18-7-5-4-6-8-18/h4-12,14,24-25H,13,15H2,1-3H3. The number of methoxy groups -OCH3 is 1. The van der Waals surface area contributed by atoms with Gasteiger partial charge in [0.2, 0.25) is 0 Å². The summed E-state index contributed by atoms with van der Waals surface area (Å²) in [7, 11) is -2.32. The fourth-order valence-electron chi connectivity index (χ4n) is 3.30. The third-order valence-corrected chi connectivity index (χ3v) is 6.39. The van der Waals surface area contributed by atoms with E-state index in [9.17, 15) is 13.5 Å². The topological polar surface area (TPSA) is 75.6 Å². The van der Waals surface area contributed by atoms with Crippen LogP contribution in [0.4, 0.5) is 5.69 Å². The number of aliphatic hydroxyl groups excluding tert-OH is 1. The molecule has 3 aromatic carbocycles. The highest BCUT2D eigenvalue weighted by atomic mass is 32.2. The van der Waals surface area contributed by atoms with Crippen molar-refractivity contribution in [3.8, 4) is 5.75 Å². The van der Waals surface area contributed by atoms with Crippen molar-refractivity contribution >= 4 is 15.7 Å². The number of hydrogen-bond donors (Lipinski definition) is 2. The lowest BCUT2D eigenvalue weighted by Crippen LogP contribution is -2.17. The van der Waals surface area contributed by atoms with Gasteiger partial charge in [-0.25, -0.2) is 8.42 Å². The van der Waals surface area contributed by atoms with Crippen molar-refractivity contribution in [2.24, 2.45) is 0 Å². The molecule has 5 nitrogen and oxygen atoms in total. The Kier molecular flexibility index (Phi) is 6.25. The molecule has 0 aliphatic heterocycles. The summed E-state index contributed by atoms with van der Waals surface area (Å²) < 4.78 is 34.6. The first-order valence-electron chi connectivity index (χ1n) is 9.29. The molecular weight excluding hydrogens is 386 g/mol. The number of nitrogens with one attached hydrogen (secondary N) is 1. The van der Waals surface area contributed by atoms with E-state index in [-0.39, 0.29) is 11.5 Å². The molecule has 29 heavy (non-hydrogen) atoms. The van der Waals surface area contributed by atoms with Crippen molar-refractivity contribution < 1.29 is 18.3 Å². The fourth-order valence-corrected chi connectivity index (χ4v) is 4.69. The second kappa shape index (κ2) is 8.68. The summed E-state index contributed by atoms with van der Waals surface area (Å²) in [5, 5.41) is 9.76. The summed E-state index contributed by atoms with van der Waals surface area (Å²) in [6.45, 7) is 3.41. The molecule has 0 amide bonds. The van der Waals surface area contributed by atoms with E-state index < -0.39 is 10.0 Å². The first-order chi connectivity index (χ1) is 13.9. The minimum atomic E-state index is -3.88. The predicted molar refractivity (Wildman–Crippen MR) is 115 cm³/mol. The van der Waals surface area contributed by atoms with Gasteiger partial charge < -0.3 is 9.84 Å². The highest BCUT2D eigenvalue weighted by Gasteiger charge is 2.22. The van der Waals surface area contributed by atoms with Crippen molar-refractivity contribution in [1.82, 2.24) is 0 Å². The third kappa shape index (κ3) is 4.60. The van der Waals surface area contributed by atoms with Crippen LogP contribution in [0, 0.1) is 13.8 Å². The van der Waals surface area contributed by atoms with E-state index in [0.717, 1.165) is 16.7 Å². The zero-order valence-electron chi connectivity index (χ0n) is 16.8. The number of hydrogen-bond acceptors (Lipinski definition) is 4. The second-order valence-electron chi connectivity index (χ2n) is 6.95. The number of aryl methyl sites for hydroxylation is 2. The van der Waals surface area contributed by atoms with Gasteiger partial charge in [0.05, 0.1) is 24.3 Å². The zero-order valence-corrected chi connectivity index (χ0v) is 17.6. The Balaban J connectivity index is 2.07. The maximum Gasteiger partial charge on any atom is 0.262 e. The van der Waals surface area contributed by atoms with Gasteiger partial charge in [-0.2, -0.15) is 0 Å². The highest BCUT2D eigenvalue weighted by Crippen LogP contribution is 2.30. The number of sulfonamides is 1. The lowest BCUT2D eigenvalue weighted by molar-refractivity contribution is 0.281. The number of anilines is 1. The van der Waals surface area contributed by atoms with E-state index in [1.54, 1.807) is 25.3 Å². The van der Waals surface area contributed by atoms with Gasteiger partial charge in [0.15, 0.2) is 0 Å². The average Bonchev–Trinajstić information content (AvgIpc) is 2.71. The van der Waals surface area contributed by atoms with Crippen LogP contribution < -0.4 is 9.46 Å². The SMILES string of the molecule is COc1ccc(S(=O)(=O)Nc2c(C)ccc(C)c2CO)c(Cc2ccccc2)c1. The summed E-state index contributed by atoms with van der Waals surface area (Å²) >= 11 is 0. The molecule has 0 aromatic heterocycles. The van der Waals surface area contributed by atoms with Crippen molar-refractivity contribution in [3.05, 3.63) is 88.5 Å². The number of rotatable bonds is 7. The molecule has 0 saturated heterocycles. The molecule has 0 saturated carbocycles. The van der Waals surface area contributed by atoms with E-state index in [4.69, 9.17) is 4.74 Å². The molecule has 3 aromatic rings. The zero-order chi connectivity index (χ0) is 21.0. The number of benzene rings is 3. The molecule has 2 N–H and O–H groups in total. The molecule has 0 spiro atoms. The Morgan fingerprint density at radius 3 is 2.31 bits per heavy atom. The summed E-state index contributed by atoms with van der Waals surface area (Å²) in [6.07, 6.45) is 0.452. The Labute approximate surface area is 172 Å². The molecule has 3 rings (SSSR count). The molecule has 0 atom stereocenters. The van der Waals surface area contributed by atoms with Crippen molar-refractivity contribution in [3.63, 3.8) is 0 Å². The first-order valence-corrected chi connectivity index (χ1v) is 10.8. The molecule has 0 heterocycles. The first kappa shape index (κ1) is 20.9. The van der Waals surface area contributed by atoms with E-state index >= 15 is 0 Å². The Hall–Kier alpha value is -2.83. The summed E-state index contributed by atoms with van der Waals surface area (Å²) in [5.41, 5.74) is 4.22. The lowest BCUT2D eigenvalue weighted by Gasteiger charge is -2.18. The van der Waals surface area contributed by atoms with Gasteiger partial charge in [-0.15, -0.1) is 0 Å². The van der Waals surface area contributed by atoms with Crippen LogP contribution in [-0.2, 0) is 23.1 Å². The molecule has 0 bridgehead atoms. The minimum absolute atomic E-state index is 0.187. The third-order valence-electron chi connectivity index (χ3n) is 4.94. The van der Waals surface area contributed by atoms with Gasteiger partial charge in [0, 0.05) is 5.56 Å². The van der Waals surface area contributed by atoms with E-state index in [0.29, 0.717) is 29.0 Å². The Bertz CT molecular complexity index is 1110. The summed E-state index contributed by atoms with van der Waals surface area (Å²) in [4.78, 5) is 0.187. The molecule has 152 valence electrons. The smallest absolute Gasteiger partial charge is 0.262 e. The van der Waals surface area contributed by atoms with Crippen molar-refractivity contribution in [1.29, 1.82) is 0 Å². The average molecular weight is 412 g/mol. The molecule has 0 aliphatic rings. The van der Waals surface area contributed by atoms with Crippen LogP contribution in [0.25, 0.3) is 0 Å². The van der Waals surface area contributed by atoms with E-state index in [2.05, 4.69) is 4.72 Å². The van der Waals surface area contributed by atoms with Gasteiger partial charge >= 0.3 is 0 Å². The van der Waals surface area contributed by atoms with Crippen LogP contribution in [0.2, 0.25) is 0 Å². The monoisotopic (exact) mass is 411 g/mol. The summed E-state index contributed by atoms with van der Waals surface area (Å²) in [5.74, 6) is 0.595. The lowest BCUT2D eigenvalue weighted by atomic mass is 10.0. The minimum Gasteiger partial charge on any atom is -0.497 e. The van der Waals surface area contributed by atoms with Crippen LogP contribution in [-0.4, -0.2) is 20.6 Å². The second-order valence-corrected chi connectivity index (χ2v) is 8.60. The van der Waals surface area contributed by atoms with Crippen LogP contribution in [0.1, 0.15) is 27.8 Å². The maximum atomic E-state index is 13.3. The molecule has 6 heteroatoms. The largest absolute Gasteiger partial charge is 0.497 e. The van der Waals surface area contributed by atoms with Crippen LogP contribution in [0.3, 0.4) is 0 Å². The molecule has 0 radical (unpaired) electrons. The summed E-state index contributed by atoms with van der Waals surface area (Å²) in [6, 6.07) is 18.3. The van der Waals surface area contributed by atoms with E-state index in [1.807, 2.05) is 56.3 Å². The van der Waals surface area contributed by atoms with Gasteiger partial charge in [-0.1, -0.05) is 42.5 Å². The molecule has 0 unspecified atom stereocenters. The van der Waals surface area contributed by atoms with Crippen LogP contribution in [0.15, 0.2) is 65.6 Å². The van der Waals surface area contributed by atoms with Gasteiger partial charge in [0.25, 0.3) is 10.0 Å². The number of aliphatic hydroxyl groups is 1. The van der Waals surface area contributed by atoms with Crippen molar-refractivity contribution in [2.45, 2.75) is 31.8 Å². The normalized spacial score (nSPS) is 11.3. The number of ether oxygens (including phenoxy) is 1. The van der Waals surface area contributed by atoms with Gasteiger partial charge in [0.1, 0.15) is 5.75 Å². The predicted octanol–water partition coefficient (Wildman–Crippen LogP) is 4.20. The Morgan fingerprint density at radius 2 is 1.66 bits per heavy atom. The van der Waals surface area contributed by atoms with Gasteiger partial charge in [-0.05, 0) is 60.7 Å². The highest BCUT2D eigenvalue weighted by molar-refractivity contribution is 7.92.